The highest BCUT2D eigenvalue weighted by Gasteiger charge is 2.09. The predicted molar refractivity (Wildman–Crippen MR) is 66.2 cm³/mol. The lowest BCUT2D eigenvalue weighted by Crippen LogP contribution is -2.36. The average molecular weight is 232 g/mol. The standard InChI is InChI=1S/C13H16N2O2/c1-15(2)14-13(17)12-9-4-3-7-11(12)8-5-6-10-16/h3-4,7,9,16H,6,10H2,1-2H3,(H,14,17). The molecule has 0 aromatic heterocycles. The van der Waals surface area contributed by atoms with Crippen LogP contribution in [-0.4, -0.2) is 36.7 Å². The second kappa shape index (κ2) is 6.69. The summed E-state index contributed by atoms with van der Waals surface area (Å²) < 4.78 is 0. The molecule has 0 aliphatic carbocycles. The van der Waals surface area contributed by atoms with Gasteiger partial charge in [0.1, 0.15) is 0 Å². The molecule has 90 valence electrons. The molecule has 4 nitrogen and oxygen atoms in total. The van der Waals surface area contributed by atoms with Gasteiger partial charge in [-0.05, 0) is 12.1 Å². The molecule has 0 radical (unpaired) electrons. The number of hydrazine groups is 1. The molecule has 0 fully saturated rings. The van der Waals surface area contributed by atoms with Crippen LogP contribution in [0.15, 0.2) is 24.3 Å². The summed E-state index contributed by atoms with van der Waals surface area (Å²) in [7, 11) is 3.50. The van der Waals surface area contributed by atoms with E-state index in [4.69, 9.17) is 5.11 Å². The van der Waals surface area contributed by atoms with E-state index >= 15 is 0 Å². The minimum absolute atomic E-state index is 0.0268. The van der Waals surface area contributed by atoms with Crippen LogP contribution in [0.2, 0.25) is 0 Å². The normalized spacial score (nSPS) is 9.65. The highest BCUT2D eigenvalue weighted by Crippen LogP contribution is 2.07. The number of amides is 1. The molecule has 1 amide bonds. The lowest BCUT2D eigenvalue weighted by atomic mass is 10.1. The monoisotopic (exact) mass is 232 g/mol. The van der Waals surface area contributed by atoms with Crippen molar-refractivity contribution in [1.29, 1.82) is 0 Å². The smallest absolute Gasteiger partial charge is 0.266 e. The summed E-state index contributed by atoms with van der Waals surface area (Å²) in [5.41, 5.74) is 3.87. The van der Waals surface area contributed by atoms with E-state index in [1.807, 2.05) is 6.07 Å². The van der Waals surface area contributed by atoms with Gasteiger partial charge >= 0.3 is 0 Å². The summed E-state index contributed by atoms with van der Waals surface area (Å²) in [6.45, 7) is 0.0268. The number of nitrogens with zero attached hydrogens (tertiary/aromatic N) is 1. The summed E-state index contributed by atoms with van der Waals surface area (Å²) in [6, 6.07) is 7.13. The zero-order valence-corrected chi connectivity index (χ0v) is 10.0. The van der Waals surface area contributed by atoms with Gasteiger partial charge in [-0.15, -0.1) is 0 Å². The quantitative estimate of drug-likeness (QED) is 0.593. The fraction of sp³-hybridized carbons (Fsp3) is 0.308. The van der Waals surface area contributed by atoms with Crippen molar-refractivity contribution in [1.82, 2.24) is 10.4 Å². The average Bonchev–Trinajstić information content (AvgIpc) is 2.29. The van der Waals surface area contributed by atoms with E-state index in [1.165, 1.54) is 0 Å². The van der Waals surface area contributed by atoms with Crippen molar-refractivity contribution in [3.8, 4) is 11.8 Å². The number of hydrogen-bond acceptors (Lipinski definition) is 3. The number of hydrogen-bond donors (Lipinski definition) is 2. The molecular formula is C13H16N2O2. The van der Waals surface area contributed by atoms with Crippen molar-refractivity contribution < 1.29 is 9.90 Å². The number of aliphatic hydroxyl groups is 1. The Kier molecular flexibility index (Phi) is 5.21. The first-order chi connectivity index (χ1) is 8.15. The third kappa shape index (κ3) is 4.27. The van der Waals surface area contributed by atoms with Gasteiger partial charge < -0.3 is 5.11 Å². The molecule has 0 heterocycles. The first-order valence-corrected chi connectivity index (χ1v) is 5.32. The van der Waals surface area contributed by atoms with Crippen molar-refractivity contribution in [3.05, 3.63) is 35.4 Å². The van der Waals surface area contributed by atoms with Gasteiger partial charge in [0, 0.05) is 26.1 Å². The van der Waals surface area contributed by atoms with Gasteiger partial charge in [-0.1, -0.05) is 24.0 Å². The minimum Gasteiger partial charge on any atom is -0.395 e. The number of rotatable bonds is 3. The predicted octanol–water partition coefficient (Wildman–Crippen LogP) is 0.627. The number of aliphatic hydroxyl groups excluding tert-OH is 1. The molecule has 0 saturated heterocycles. The highest BCUT2D eigenvalue weighted by atomic mass is 16.2. The molecule has 4 heteroatoms. The molecule has 0 spiro atoms. The van der Waals surface area contributed by atoms with Crippen molar-refractivity contribution in [2.24, 2.45) is 0 Å². The number of carbonyl (C=O) groups excluding carboxylic acids is 1. The fourth-order valence-electron chi connectivity index (χ4n) is 1.27. The van der Waals surface area contributed by atoms with E-state index in [-0.39, 0.29) is 12.5 Å². The van der Waals surface area contributed by atoms with Crippen LogP contribution in [-0.2, 0) is 0 Å². The lowest BCUT2D eigenvalue weighted by molar-refractivity contribution is 0.0856. The Bertz CT molecular complexity index is 444. The Morgan fingerprint density at radius 1 is 1.41 bits per heavy atom. The van der Waals surface area contributed by atoms with Crippen LogP contribution in [0, 0.1) is 11.8 Å². The van der Waals surface area contributed by atoms with Gasteiger partial charge in [0.2, 0.25) is 0 Å². The van der Waals surface area contributed by atoms with Crippen LogP contribution < -0.4 is 5.43 Å². The van der Waals surface area contributed by atoms with Crippen LogP contribution in [0.1, 0.15) is 22.3 Å². The molecule has 1 aromatic rings. The fourth-order valence-corrected chi connectivity index (χ4v) is 1.27. The van der Waals surface area contributed by atoms with E-state index in [0.29, 0.717) is 17.5 Å². The largest absolute Gasteiger partial charge is 0.395 e. The lowest BCUT2D eigenvalue weighted by Gasteiger charge is -2.12. The Balaban J connectivity index is 2.92. The van der Waals surface area contributed by atoms with Gasteiger partial charge in [-0.25, -0.2) is 5.01 Å². The molecule has 0 aliphatic rings. The van der Waals surface area contributed by atoms with Crippen LogP contribution in [0.3, 0.4) is 0 Å². The zero-order chi connectivity index (χ0) is 12.7. The van der Waals surface area contributed by atoms with E-state index in [1.54, 1.807) is 37.3 Å². The molecule has 0 atom stereocenters. The Labute approximate surface area is 101 Å². The van der Waals surface area contributed by atoms with E-state index in [0.717, 1.165) is 0 Å². The summed E-state index contributed by atoms with van der Waals surface area (Å²) in [4.78, 5) is 11.8. The molecule has 2 N–H and O–H groups in total. The summed E-state index contributed by atoms with van der Waals surface area (Å²) >= 11 is 0. The maximum atomic E-state index is 11.8. The molecule has 0 aliphatic heterocycles. The third-order valence-electron chi connectivity index (χ3n) is 1.96. The Morgan fingerprint density at radius 3 is 2.76 bits per heavy atom. The molecule has 0 unspecified atom stereocenters. The topological polar surface area (TPSA) is 52.6 Å². The maximum Gasteiger partial charge on any atom is 0.266 e. The van der Waals surface area contributed by atoms with Gasteiger partial charge in [-0.3, -0.25) is 10.2 Å². The molecule has 1 aromatic carbocycles. The molecule has 1 rings (SSSR count). The Hall–Kier alpha value is -1.83. The van der Waals surface area contributed by atoms with Crippen LogP contribution in [0.25, 0.3) is 0 Å². The first kappa shape index (κ1) is 13.2. The zero-order valence-electron chi connectivity index (χ0n) is 10.0. The van der Waals surface area contributed by atoms with Crippen LogP contribution >= 0.6 is 0 Å². The summed E-state index contributed by atoms with van der Waals surface area (Å²) in [5.74, 6) is 5.49. The van der Waals surface area contributed by atoms with Crippen LogP contribution in [0.4, 0.5) is 0 Å². The number of benzene rings is 1. The second-order valence-corrected chi connectivity index (χ2v) is 3.66. The maximum absolute atomic E-state index is 11.8. The van der Waals surface area contributed by atoms with E-state index in [2.05, 4.69) is 17.3 Å². The molecular weight excluding hydrogens is 216 g/mol. The van der Waals surface area contributed by atoms with Gasteiger partial charge in [0.15, 0.2) is 0 Å². The molecule has 17 heavy (non-hydrogen) atoms. The van der Waals surface area contributed by atoms with Gasteiger partial charge in [0.25, 0.3) is 5.91 Å². The van der Waals surface area contributed by atoms with Gasteiger partial charge in [0.05, 0.1) is 12.2 Å². The number of nitrogens with one attached hydrogen (secondary N) is 1. The van der Waals surface area contributed by atoms with E-state index in [9.17, 15) is 4.79 Å². The third-order valence-corrected chi connectivity index (χ3v) is 1.96. The number of carbonyl (C=O) groups is 1. The minimum atomic E-state index is -0.191. The SMILES string of the molecule is CN(C)NC(=O)c1ccccc1C#CCCO. The highest BCUT2D eigenvalue weighted by molar-refractivity contribution is 5.96. The summed E-state index contributed by atoms with van der Waals surface area (Å²) in [5, 5.41) is 10.2. The van der Waals surface area contributed by atoms with Crippen molar-refractivity contribution in [2.45, 2.75) is 6.42 Å². The van der Waals surface area contributed by atoms with Crippen molar-refractivity contribution in [2.75, 3.05) is 20.7 Å². The molecule has 0 bridgehead atoms. The van der Waals surface area contributed by atoms with Crippen molar-refractivity contribution >= 4 is 5.91 Å². The Morgan fingerprint density at radius 2 is 2.12 bits per heavy atom. The van der Waals surface area contributed by atoms with Crippen molar-refractivity contribution in [3.63, 3.8) is 0 Å². The van der Waals surface area contributed by atoms with Gasteiger partial charge in [-0.2, -0.15) is 0 Å². The first-order valence-electron chi connectivity index (χ1n) is 5.32. The second-order valence-electron chi connectivity index (χ2n) is 3.66. The van der Waals surface area contributed by atoms with Crippen LogP contribution in [0.5, 0.6) is 0 Å². The molecule has 0 saturated carbocycles. The van der Waals surface area contributed by atoms with E-state index < -0.39 is 0 Å². The summed E-state index contributed by atoms with van der Waals surface area (Å²) in [6.07, 6.45) is 0.406.